The number of ether oxygens (including phenoxy) is 1. The van der Waals surface area contributed by atoms with Crippen molar-refractivity contribution in [2.24, 2.45) is 10.9 Å². The highest BCUT2D eigenvalue weighted by Crippen LogP contribution is 2.23. The van der Waals surface area contributed by atoms with Crippen LogP contribution in [0.15, 0.2) is 23.2 Å². The molecule has 0 aliphatic carbocycles. The first-order valence-corrected chi connectivity index (χ1v) is 12.1. The number of rotatable bonds is 8. The van der Waals surface area contributed by atoms with Gasteiger partial charge in [-0.05, 0) is 24.8 Å². The largest absolute Gasteiger partial charge is 0.383 e. The van der Waals surface area contributed by atoms with Gasteiger partial charge in [0.2, 0.25) is 5.91 Å². The number of hydrogen-bond donors (Lipinski definition) is 0. The van der Waals surface area contributed by atoms with Gasteiger partial charge in [-0.3, -0.25) is 19.7 Å². The minimum Gasteiger partial charge on any atom is -0.383 e. The zero-order chi connectivity index (χ0) is 22.4. The maximum absolute atomic E-state index is 12.4. The number of thioether (sulfide) groups is 1. The van der Waals surface area contributed by atoms with Crippen LogP contribution in [-0.4, -0.2) is 64.5 Å². The van der Waals surface area contributed by atoms with E-state index >= 15 is 0 Å². The summed E-state index contributed by atoms with van der Waals surface area (Å²) in [5.74, 6) is 0.753. The molecule has 1 aromatic heterocycles. The SMILES string of the molecule is COCCn1c(=NC(=O)CSCC(=O)N2CCC(C)CC2)sc2cc([N+](=O)[O-])ccc21. The number of carbonyl (C=O) groups excluding carboxylic acids is 2. The van der Waals surface area contributed by atoms with E-state index in [2.05, 4.69) is 11.9 Å². The number of likely N-dealkylation sites (tertiary alicyclic amines) is 1. The van der Waals surface area contributed by atoms with Crippen molar-refractivity contribution in [3.8, 4) is 0 Å². The van der Waals surface area contributed by atoms with Crippen molar-refractivity contribution in [3.05, 3.63) is 33.1 Å². The van der Waals surface area contributed by atoms with Gasteiger partial charge in [0.1, 0.15) is 0 Å². The summed E-state index contributed by atoms with van der Waals surface area (Å²) in [5.41, 5.74) is 0.757. The Morgan fingerprint density at radius 1 is 1.32 bits per heavy atom. The number of methoxy groups -OCH3 is 1. The van der Waals surface area contributed by atoms with E-state index in [0.717, 1.165) is 31.4 Å². The van der Waals surface area contributed by atoms with Crippen molar-refractivity contribution in [1.29, 1.82) is 0 Å². The molecule has 1 aliphatic rings. The van der Waals surface area contributed by atoms with Crippen LogP contribution in [-0.2, 0) is 20.9 Å². The van der Waals surface area contributed by atoms with Gasteiger partial charge in [-0.25, -0.2) is 0 Å². The fraction of sp³-hybridized carbons (Fsp3) is 0.550. The third-order valence-corrected chi connectivity index (χ3v) is 7.15. The summed E-state index contributed by atoms with van der Waals surface area (Å²) in [6.45, 7) is 4.65. The van der Waals surface area contributed by atoms with Gasteiger partial charge < -0.3 is 14.2 Å². The van der Waals surface area contributed by atoms with Gasteiger partial charge in [-0.1, -0.05) is 18.3 Å². The third-order valence-electron chi connectivity index (χ3n) is 5.20. The van der Waals surface area contributed by atoms with Crippen molar-refractivity contribution in [3.63, 3.8) is 0 Å². The number of fused-ring (bicyclic) bond motifs is 1. The summed E-state index contributed by atoms with van der Waals surface area (Å²) in [6, 6.07) is 4.59. The highest BCUT2D eigenvalue weighted by atomic mass is 32.2. The second kappa shape index (κ2) is 10.9. The maximum Gasteiger partial charge on any atom is 0.270 e. The molecule has 1 aliphatic heterocycles. The lowest BCUT2D eigenvalue weighted by molar-refractivity contribution is -0.384. The molecule has 2 amide bonds. The van der Waals surface area contributed by atoms with Crippen molar-refractivity contribution < 1.29 is 19.2 Å². The van der Waals surface area contributed by atoms with Gasteiger partial charge in [0.05, 0.1) is 33.3 Å². The summed E-state index contributed by atoms with van der Waals surface area (Å²) in [4.78, 5) is 41.9. The quantitative estimate of drug-likeness (QED) is 0.437. The fourth-order valence-electron chi connectivity index (χ4n) is 3.37. The number of non-ortho nitro benzene ring substituents is 1. The van der Waals surface area contributed by atoms with Gasteiger partial charge in [-0.15, -0.1) is 11.8 Å². The second-order valence-corrected chi connectivity index (χ2v) is 9.49. The third kappa shape index (κ3) is 6.14. The molecule has 0 saturated carbocycles. The Bertz CT molecular complexity index is 1020. The molecule has 2 aromatic rings. The van der Waals surface area contributed by atoms with Crippen molar-refractivity contribution in [2.75, 3.05) is 38.3 Å². The molecular weight excluding hydrogens is 440 g/mol. The van der Waals surface area contributed by atoms with Gasteiger partial charge >= 0.3 is 0 Å². The molecule has 3 rings (SSSR count). The molecule has 0 N–H and O–H groups in total. The smallest absolute Gasteiger partial charge is 0.270 e. The number of aromatic nitrogens is 1. The van der Waals surface area contributed by atoms with Gasteiger partial charge in [0.15, 0.2) is 4.80 Å². The highest BCUT2D eigenvalue weighted by molar-refractivity contribution is 8.00. The predicted octanol–water partition coefficient (Wildman–Crippen LogP) is 2.68. The number of thiazole rings is 1. The number of benzene rings is 1. The number of nitro benzene ring substituents is 1. The van der Waals surface area contributed by atoms with E-state index in [-0.39, 0.29) is 29.0 Å². The van der Waals surface area contributed by atoms with Crippen LogP contribution in [0.25, 0.3) is 10.2 Å². The predicted molar refractivity (Wildman–Crippen MR) is 121 cm³/mol. The minimum atomic E-state index is -0.447. The fourth-order valence-corrected chi connectivity index (χ4v) is 5.18. The average molecular weight is 467 g/mol. The second-order valence-electron chi connectivity index (χ2n) is 7.50. The summed E-state index contributed by atoms with van der Waals surface area (Å²) in [6.07, 6.45) is 2.05. The van der Waals surface area contributed by atoms with Crippen LogP contribution in [0.3, 0.4) is 0 Å². The minimum absolute atomic E-state index is 0.00769. The molecule has 0 atom stereocenters. The van der Waals surface area contributed by atoms with Crippen LogP contribution in [0.5, 0.6) is 0 Å². The molecule has 0 spiro atoms. The Morgan fingerprint density at radius 3 is 2.74 bits per heavy atom. The van der Waals surface area contributed by atoms with Crippen molar-refractivity contribution in [2.45, 2.75) is 26.3 Å². The molecule has 1 aromatic carbocycles. The molecular formula is C20H26N4O5S2. The molecule has 11 heteroatoms. The Balaban J connectivity index is 1.69. The zero-order valence-corrected chi connectivity index (χ0v) is 19.2. The first kappa shape index (κ1) is 23.4. The normalized spacial score (nSPS) is 15.5. The zero-order valence-electron chi connectivity index (χ0n) is 17.6. The molecule has 2 heterocycles. The van der Waals surface area contributed by atoms with E-state index in [1.165, 1.54) is 35.2 Å². The van der Waals surface area contributed by atoms with Crippen molar-refractivity contribution in [1.82, 2.24) is 9.47 Å². The van der Waals surface area contributed by atoms with Crippen LogP contribution in [0, 0.1) is 16.0 Å². The molecule has 0 bridgehead atoms. The monoisotopic (exact) mass is 466 g/mol. The van der Waals surface area contributed by atoms with Crippen molar-refractivity contribution >= 4 is 50.8 Å². The number of amides is 2. The molecule has 9 nitrogen and oxygen atoms in total. The Hall–Kier alpha value is -2.24. The number of nitro groups is 1. The molecule has 168 valence electrons. The lowest BCUT2D eigenvalue weighted by Crippen LogP contribution is -2.39. The maximum atomic E-state index is 12.4. The van der Waals surface area contributed by atoms with Crippen LogP contribution < -0.4 is 4.80 Å². The number of hydrogen-bond acceptors (Lipinski definition) is 7. The van der Waals surface area contributed by atoms with Crippen LogP contribution in [0.4, 0.5) is 5.69 Å². The standard InChI is InChI=1S/C20H26N4O5S2/c1-14-5-7-22(8-6-14)19(26)13-30-12-18(25)21-20-23(9-10-29-2)16-4-3-15(24(27)28)11-17(16)31-20/h3-4,11,14H,5-10,12-13H2,1-2H3. The highest BCUT2D eigenvalue weighted by Gasteiger charge is 2.20. The topological polar surface area (TPSA) is 107 Å². The average Bonchev–Trinajstić information content (AvgIpc) is 3.08. The van der Waals surface area contributed by atoms with Gasteiger partial charge in [-0.2, -0.15) is 4.99 Å². The number of piperidine rings is 1. The summed E-state index contributed by atoms with van der Waals surface area (Å²) >= 11 is 2.49. The lowest BCUT2D eigenvalue weighted by atomic mass is 9.99. The number of nitrogens with zero attached hydrogens (tertiary/aromatic N) is 4. The van der Waals surface area contributed by atoms with Crippen LogP contribution in [0.1, 0.15) is 19.8 Å². The Labute approximate surface area is 188 Å². The van der Waals surface area contributed by atoms with E-state index in [1.54, 1.807) is 13.2 Å². The van der Waals surface area contributed by atoms with E-state index in [1.807, 2.05) is 9.47 Å². The van der Waals surface area contributed by atoms with E-state index in [9.17, 15) is 19.7 Å². The first-order chi connectivity index (χ1) is 14.9. The first-order valence-electron chi connectivity index (χ1n) is 10.1. The molecule has 0 radical (unpaired) electrons. The van der Waals surface area contributed by atoms with Gasteiger partial charge in [0.25, 0.3) is 11.6 Å². The summed E-state index contributed by atoms with van der Waals surface area (Å²) in [7, 11) is 1.58. The van der Waals surface area contributed by atoms with Crippen LogP contribution in [0.2, 0.25) is 0 Å². The molecule has 0 unspecified atom stereocenters. The number of carbonyl (C=O) groups is 2. The van der Waals surface area contributed by atoms with E-state index in [0.29, 0.717) is 28.6 Å². The molecule has 1 fully saturated rings. The summed E-state index contributed by atoms with van der Waals surface area (Å²) in [5, 5.41) is 11.1. The van der Waals surface area contributed by atoms with E-state index < -0.39 is 4.92 Å². The van der Waals surface area contributed by atoms with E-state index in [4.69, 9.17) is 4.74 Å². The summed E-state index contributed by atoms with van der Waals surface area (Å²) < 4.78 is 7.65. The Morgan fingerprint density at radius 2 is 2.06 bits per heavy atom. The van der Waals surface area contributed by atoms with Crippen LogP contribution >= 0.6 is 23.1 Å². The lowest BCUT2D eigenvalue weighted by Gasteiger charge is -2.30. The molecule has 31 heavy (non-hydrogen) atoms. The van der Waals surface area contributed by atoms with Gasteiger partial charge in [0, 0.05) is 38.9 Å². The Kier molecular flexibility index (Phi) is 8.22. The molecule has 1 saturated heterocycles.